The van der Waals surface area contributed by atoms with Crippen LogP contribution in [-0.2, 0) is 11.2 Å². The minimum absolute atomic E-state index is 0.0582. The molecule has 0 heterocycles. The number of amides is 1. The van der Waals surface area contributed by atoms with E-state index in [1.807, 2.05) is 6.92 Å². The van der Waals surface area contributed by atoms with Crippen molar-refractivity contribution in [3.63, 3.8) is 0 Å². The van der Waals surface area contributed by atoms with Gasteiger partial charge in [0.25, 0.3) is 0 Å². The zero-order valence-electron chi connectivity index (χ0n) is 9.67. The third kappa shape index (κ3) is 4.48. The molecule has 0 aliphatic heterocycles. The fourth-order valence-corrected chi connectivity index (χ4v) is 1.29. The normalized spacial score (nSPS) is 12.2. The van der Waals surface area contributed by atoms with Gasteiger partial charge in [0.05, 0.1) is 6.42 Å². The lowest BCUT2D eigenvalue weighted by atomic mass is 10.1. The highest BCUT2D eigenvalue weighted by atomic mass is 19.1. The number of rotatable bonds is 5. The van der Waals surface area contributed by atoms with Crippen LogP contribution in [0.5, 0.6) is 0 Å². The van der Waals surface area contributed by atoms with E-state index in [0.29, 0.717) is 13.1 Å². The van der Waals surface area contributed by atoms with Crippen molar-refractivity contribution in [2.45, 2.75) is 13.3 Å². The molecule has 3 N–H and O–H groups in total. The first kappa shape index (κ1) is 13.6. The molecule has 5 heteroatoms. The van der Waals surface area contributed by atoms with Crippen LogP contribution in [0.25, 0.3) is 0 Å². The Kier molecular flexibility index (Phi) is 5.03. The van der Waals surface area contributed by atoms with Crippen molar-refractivity contribution in [3.8, 4) is 0 Å². The van der Waals surface area contributed by atoms with E-state index in [0.717, 1.165) is 18.2 Å². The van der Waals surface area contributed by atoms with E-state index in [2.05, 4.69) is 5.32 Å². The predicted octanol–water partition coefficient (Wildman–Crippen LogP) is 1.22. The monoisotopic (exact) mass is 242 g/mol. The summed E-state index contributed by atoms with van der Waals surface area (Å²) in [6.45, 7) is 2.80. The highest BCUT2D eigenvalue weighted by molar-refractivity contribution is 5.78. The van der Waals surface area contributed by atoms with E-state index in [9.17, 15) is 13.6 Å². The summed E-state index contributed by atoms with van der Waals surface area (Å²) in [7, 11) is 0. The molecule has 0 fully saturated rings. The summed E-state index contributed by atoms with van der Waals surface area (Å²) >= 11 is 0. The Morgan fingerprint density at radius 1 is 1.47 bits per heavy atom. The van der Waals surface area contributed by atoms with Gasteiger partial charge in [0.2, 0.25) is 5.91 Å². The molecule has 1 rings (SSSR count). The summed E-state index contributed by atoms with van der Waals surface area (Å²) in [5, 5.41) is 2.62. The number of benzene rings is 1. The van der Waals surface area contributed by atoms with E-state index >= 15 is 0 Å². The quantitative estimate of drug-likeness (QED) is 0.815. The molecular formula is C12H16F2N2O. The molecule has 1 unspecified atom stereocenters. The van der Waals surface area contributed by atoms with Gasteiger partial charge in [-0.05, 0) is 30.7 Å². The van der Waals surface area contributed by atoms with Crippen LogP contribution in [0.15, 0.2) is 18.2 Å². The molecule has 0 saturated carbocycles. The minimum atomic E-state index is -0.576. The van der Waals surface area contributed by atoms with E-state index in [-0.39, 0.29) is 23.8 Å². The summed E-state index contributed by atoms with van der Waals surface area (Å²) in [5.41, 5.74) is 5.45. The Labute approximate surface area is 99.0 Å². The van der Waals surface area contributed by atoms with Crippen LogP contribution < -0.4 is 11.1 Å². The summed E-state index contributed by atoms with van der Waals surface area (Å²) < 4.78 is 26.1. The topological polar surface area (TPSA) is 55.1 Å². The maximum atomic E-state index is 13.2. The van der Waals surface area contributed by atoms with Crippen LogP contribution in [0.3, 0.4) is 0 Å². The predicted molar refractivity (Wildman–Crippen MR) is 61.3 cm³/mol. The first-order chi connectivity index (χ1) is 8.02. The van der Waals surface area contributed by atoms with E-state index in [4.69, 9.17) is 5.73 Å². The number of halogens is 2. The Morgan fingerprint density at radius 2 is 2.18 bits per heavy atom. The number of carbonyl (C=O) groups is 1. The van der Waals surface area contributed by atoms with Crippen molar-refractivity contribution in [1.29, 1.82) is 0 Å². The van der Waals surface area contributed by atoms with Gasteiger partial charge in [0.1, 0.15) is 11.6 Å². The van der Waals surface area contributed by atoms with Crippen LogP contribution in [0.2, 0.25) is 0 Å². The number of carbonyl (C=O) groups excluding carboxylic acids is 1. The second-order valence-electron chi connectivity index (χ2n) is 4.06. The lowest BCUT2D eigenvalue weighted by Gasteiger charge is -2.10. The standard InChI is InChI=1S/C12H16F2N2O/c1-8(6-15)7-16-12(17)5-9-4-10(13)2-3-11(9)14/h2-4,8H,5-7,15H2,1H3,(H,16,17). The third-order valence-corrected chi connectivity index (χ3v) is 2.41. The summed E-state index contributed by atoms with van der Waals surface area (Å²) in [5.74, 6) is -1.30. The van der Waals surface area contributed by atoms with Gasteiger partial charge in [-0.2, -0.15) is 0 Å². The third-order valence-electron chi connectivity index (χ3n) is 2.41. The van der Waals surface area contributed by atoms with Gasteiger partial charge in [-0.1, -0.05) is 6.92 Å². The lowest BCUT2D eigenvalue weighted by molar-refractivity contribution is -0.120. The van der Waals surface area contributed by atoms with E-state index in [1.54, 1.807) is 0 Å². The summed E-state index contributed by atoms with van der Waals surface area (Å²) in [4.78, 5) is 11.5. The van der Waals surface area contributed by atoms with Crippen molar-refractivity contribution < 1.29 is 13.6 Å². The molecule has 0 spiro atoms. The molecule has 17 heavy (non-hydrogen) atoms. The largest absolute Gasteiger partial charge is 0.355 e. The maximum Gasteiger partial charge on any atom is 0.224 e. The van der Waals surface area contributed by atoms with Crippen LogP contribution in [0.4, 0.5) is 8.78 Å². The Bertz CT molecular complexity index is 396. The average molecular weight is 242 g/mol. The fourth-order valence-electron chi connectivity index (χ4n) is 1.29. The zero-order chi connectivity index (χ0) is 12.8. The maximum absolute atomic E-state index is 13.2. The van der Waals surface area contributed by atoms with Gasteiger partial charge < -0.3 is 11.1 Å². The molecule has 0 aliphatic carbocycles. The highest BCUT2D eigenvalue weighted by Gasteiger charge is 2.10. The van der Waals surface area contributed by atoms with Crippen LogP contribution in [0.1, 0.15) is 12.5 Å². The van der Waals surface area contributed by atoms with Gasteiger partial charge >= 0.3 is 0 Å². The van der Waals surface area contributed by atoms with E-state index in [1.165, 1.54) is 0 Å². The van der Waals surface area contributed by atoms with Crippen LogP contribution in [0, 0.1) is 17.6 Å². The molecule has 1 aromatic carbocycles. The molecule has 0 aromatic heterocycles. The summed E-state index contributed by atoms with van der Waals surface area (Å²) in [6.07, 6.45) is -0.166. The summed E-state index contributed by atoms with van der Waals surface area (Å²) in [6, 6.07) is 3.06. The second-order valence-corrected chi connectivity index (χ2v) is 4.06. The average Bonchev–Trinajstić information content (AvgIpc) is 2.30. The SMILES string of the molecule is CC(CN)CNC(=O)Cc1cc(F)ccc1F. The Balaban J connectivity index is 2.53. The van der Waals surface area contributed by atoms with Gasteiger partial charge in [-0.25, -0.2) is 8.78 Å². The second kappa shape index (κ2) is 6.30. The fraction of sp³-hybridized carbons (Fsp3) is 0.417. The van der Waals surface area contributed by atoms with Crippen molar-refractivity contribution >= 4 is 5.91 Å². The molecule has 1 aromatic rings. The van der Waals surface area contributed by atoms with Crippen LogP contribution >= 0.6 is 0 Å². The molecule has 1 atom stereocenters. The van der Waals surface area contributed by atoms with Gasteiger partial charge in [-0.15, -0.1) is 0 Å². The first-order valence-corrected chi connectivity index (χ1v) is 5.43. The molecule has 0 bridgehead atoms. The highest BCUT2D eigenvalue weighted by Crippen LogP contribution is 2.10. The van der Waals surface area contributed by atoms with Gasteiger partial charge in [0, 0.05) is 12.1 Å². The van der Waals surface area contributed by atoms with Crippen molar-refractivity contribution in [2.24, 2.45) is 11.7 Å². The van der Waals surface area contributed by atoms with Crippen molar-refractivity contribution in [1.82, 2.24) is 5.32 Å². The van der Waals surface area contributed by atoms with Crippen molar-refractivity contribution in [2.75, 3.05) is 13.1 Å². The van der Waals surface area contributed by atoms with Crippen LogP contribution in [-0.4, -0.2) is 19.0 Å². The molecule has 3 nitrogen and oxygen atoms in total. The Morgan fingerprint density at radius 3 is 2.82 bits per heavy atom. The number of nitrogens with two attached hydrogens (primary N) is 1. The van der Waals surface area contributed by atoms with Crippen molar-refractivity contribution in [3.05, 3.63) is 35.4 Å². The number of hydrogen-bond donors (Lipinski definition) is 2. The van der Waals surface area contributed by atoms with Gasteiger partial charge in [-0.3, -0.25) is 4.79 Å². The molecule has 1 amide bonds. The Hall–Kier alpha value is -1.49. The first-order valence-electron chi connectivity index (χ1n) is 5.43. The molecule has 0 saturated heterocycles. The molecule has 0 radical (unpaired) electrons. The number of nitrogens with one attached hydrogen (secondary N) is 1. The molecule has 94 valence electrons. The lowest BCUT2D eigenvalue weighted by Crippen LogP contribution is -2.32. The minimum Gasteiger partial charge on any atom is -0.355 e. The smallest absolute Gasteiger partial charge is 0.224 e. The number of hydrogen-bond acceptors (Lipinski definition) is 2. The van der Waals surface area contributed by atoms with E-state index < -0.39 is 11.6 Å². The zero-order valence-corrected chi connectivity index (χ0v) is 9.67. The molecular weight excluding hydrogens is 226 g/mol. The molecule has 0 aliphatic rings. The van der Waals surface area contributed by atoms with Gasteiger partial charge in [0.15, 0.2) is 0 Å².